The summed E-state index contributed by atoms with van der Waals surface area (Å²) in [6.07, 6.45) is 3.65. The van der Waals surface area contributed by atoms with Crippen LogP contribution in [0.2, 0.25) is 0 Å². The van der Waals surface area contributed by atoms with Crippen LogP contribution in [0.15, 0.2) is 77.7 Å². The van der Waals surface area contributed by atoms with Gasteiger partial charge in [0.2, 0.25) is 11.8 Å². The zero-order chi connectivity index (χ0) is 29.6. The highest BCUT2D eigenvalue weighted by molar-refractivity contribution is 7.92. The van der Waals surface area contributed by atoms with Gasteiger partial charge in [-0.3, -0.25) is 13.9 Å². The molecule has 218 valence electrons. The first kappa shape index (κ1) is 30.0. The number of amides is 2. The fraction of sp³-hybridized carbons (Fsp3) is 0.333. The molecule has 8 nitrogen and oxygen atoms in total. The molecule has 1 N–H and O–H groups in total. The summed E-state index contributed by atoms with van der Waals surface area (Å²) in [5.41, 5.74) is 0.220. The molecule has 0 radical (unpaired) electrons. The second-order valence-corrected chi connectivity index (χ2v) is 11.8. The van der Waals surface area contributed by atoms with Crippen LogP contribution < -0.4 is 14.4 Å². The maximum Gasteiger partial charge on any atom is 0.264 e. The predicted octanol–water partition coefficient (Wildman–Crippen LogP) is 4.64. The number of hydrogen-bond acceptors (Lipinski definition) is 5. The topological polar surface area (TPSA) is 96.0 Å². The normalized spacial score (nSPS) is 14.3. The average Bonchev–Trinajstić information content (AvgIpc) is 3.48. The minimum absolute atomic E-state index is 0.0125. The highest BCUT2D eigenvalue weighted by Crippen LogP contribution is 2.26. The quantitative estimate of drug-likeness (QED) is 0.354. The Morgan fingerprint density at radius 1 is 0.976 bits per heavy atom. The Morgan fingerprint density at radius 2 is 1.61 bits per heavy atom. The molecule has 0 unspecified atom stereocenters. The van der Waals surface area contributed by atoms with E-state index in [9.17, 15) is 26.8 Å². The first-order valence-electron chi connectivity index (χ1n) is 13.4. The fourth-order valence-corrected chi connectivity index (χ4v) is 6.21. The third kappa shape index (κ3) is 7.21. The third-order valence-electron chi connectivity index (χ3n) is 7.21. The number of rotatable bonds is 11. The minimum atomic E-state index is -4.33. The van der Waals surface area contributed by atoms with Crippen molar-refractivity contribution in [3.8, 4) is 5.75 Å². The van der Waals surface area contributed by atoms with E-state index in [2.05, 4.69) is 5.32 Å². The Balaban J connectivity index is 1.69. The Morgan fingerprint density at radius 3 is 2.22 bits per heavy atom. The lowest BCUT2D eigenvalue weighted by Crippen LogP contribution is -2.52. The van der Waals surface area contributed by atoms with Gasteiger partial charge in [0.05, 0.1) is 17.7 Å². The standard InChI is InChI=1S/C30H33F2N3O5S/c1-21(30(37)33-24-8-4-5-9-24)34(19-22-7-3-6-10-28(22)32)29(36)20-35(25-13-11-23(31)12-14-25)41(38,39)27-17-15-26(40-2)16-18-27/h3,6-7,10-18,21,24H,4-5,8-9,19-20H2,1-2H3,(H,33,37)/t21-/m1/s1. The molecule has 0 saturated heterocycles. The van der Waals surface area contributed by atoms with Crippen LogP contribution >= 0.6 is 0 Å². The maximum absolute atomic E-state index is 14.7. The van der Waals surface area contributed by atoms with Gasteiger partial charge in [-0.1, -0.05) is 31.0 Å². The summed E-state index contributed by atoms with van der Waals surface area (Å²) in [7, 11) is -2.89. The molecule has 41 heavy (non-hydrogen) atoms. The van der Waals surface area contributed by atoms with Crippen molar-refractivity contribution in [2.24, 2.45) is 0 Å². The average molecular weight is 586 g/mol. The molecule has 1 fully saturated rings. The molecule has 1 aliphatic carbocycles. The van der Waals surface area contributed by atoms with Gasteiger partial charge in [0.25, 0.3) is 10.0 Å². The number of halogens is 2. The van der Waals surface area contributed by atoms with Crippen molar-refractivity contribution in [1.82, 2.24) is 10.2 Å². The Hall–Kier alpha value is -3.99. The number of carbonyl (C=O) groups is 2. The second-order valence-electron chi connectivity index (χ2n) is 9.94. The summed E-state index contributed by atoms with van der Waals surface area (Å²) in [5.74, 6) is -1.85. The molecule has 0 spiro atoms. The largest absolute Gasteiger partial charge is 0.497 e. The SMILES string of the molecule is COc1ccc(S(=O)(=O)N(CC(=O)N(Cc2ccccc2F)[C@H](C)C(=O)NC2CCCC2)c2ccc(F)cc2)cc1. The molecule has 2 amide bonds. The van der Waals surface area contributed by atoms with E-state index in [0.717, 1.165) is 42.1 Å². The van der Waals surface area contributed by atoms with Gasteiger partial charge in [-0.05, 0) is 74.4 Å². The number of anilines is 1. The van der Waals surface area contributed by atoms with E-state index in [0.29, 0.717) is 5.75 Å². The lowest BCUT2D eigenvalue weighted by Gasteiger charge is -2.32. The van der Waals surface area contributed by atoms with Gasteiger partial charge in [-0.25, -0.2) is 17.2 Å². The van der Waals surface area contributed by atoms with E-state index in [-0.39, 0.29) is 28.7 Å². The molecule has 0 heterocycles. The summed E-state index contributed by atoms with van der Waals surface area (Å²) < 4.78 is 62.0. The van der Waals surface area contributed by atoms with Crippen LogP contribution in [-0.2, 0) is 26.2 Å². The van der Waals surface area contributed by atoms with E-state index < -0.39 is 46.1 Å². The van der Waals surface area contributed by atoms with E-state index >= 15 is 0 Å². The molecule has 3 aromatic rings. The van der Waals surface area contributed by atoms with Crippen molar-refractivity contribution in [2.75, 3.05) is 18.0 Å². The van der Waals surface area contributed by atoms with Gasteiger partial charge in [-0.2, -0.15) is 0 Å². The molecule has 0 aliphatic heterocycles. The number of sulfonamides is 1. The first-order valence-corrected chi connectivity index (χ1v) is 14.8. The Bertz CT molecular complexity index is 1460. The van der Waals surface area contributed by atoms with Crippen LogP contribution in [0, 0.1) is 11.6 Å². The van der Waals surface area contributed by atoms with Crippen molar-refractivity contribution in [3.05, 3.63) is 90.0 Å². The van der Waals surface area contributed by atoms with E-state index in [4.69, 9.17) is 4.74 Å². The molecule has 0 aromatic heterocycles. The smallest absolute Gasteiger partial charge is 0.264 e. The fourth-order valence-electron chi connectivity index (χ4n) is 4.80. The molecular weight excluding hydrogens is 552 g/mol. The van der Waals surface area contributed by atoms with Crippen molar-refractivity contribution < 1.29 is 31.5 Å². The summed E-state index contributed by atoms with van der Waals surface area (Å²) >= 11 is 0. The number of ether oxygens (including phenoxy) is 1. The highest BCUT2D eigenvalue weighted by Gasteiger charge is 2.33. The molecule has 1 atom stereocenters. The van der Waals surface area contributed by atoms with Crippen molar-refractivity contribution in [2.45, 2.75) is 56.1 Å². The summed E-state index contributed by atoms with van der Waals surface area (Å²) in [6.45, 7) is 0.559. The zero-order valence-electron chi connectivity index (χ0n) is 22.9. The monoisotopic (exact) mass is 585 g/mol. The van der Waals surface area contributed by atoms with Crippen LogP contribution in [0.25, 0.3) is 0 Å². The molecule has 3 aromatic carbocycles. The lowest BCUT2D eigenvalue weighted by atomic mass is 10.1. The Kier molecular flexibility index (Phi) is 9.59. The zero-order valence-corrected chi connectivity index (χ0v) is 23.7. The van der Waals surface area contributed by atoms with Gasteiger partial charge < -0.3 is 15.0 Å². The van der Waals surface area contributed by atoms with E-state index in [1.54, 1.807) is 6.07 Å². The van der Waals surface area contributed by atoms with Gasteiger partial charge in [-0.15, -0.1) is 0 Å². The van der Waals surface area contributed by atoms with Crippen LogP contribution in [0.5, 0.6) is 5.75 Å². The first-order chi connectivity index (χ1) is 19.6. The van der Waals surface area contributed by atoms with Crippen LogP contribution in [0.3, 0.4) is 0 Å². The van der Waals surface area contributed by atoms with Gasteiger partial charge >= 0.3 is 0 Å². The predicted molar refractivity (Wildman–Crippen MR) is 151 cm³/mol. The van der Waals surface area contributed by atoms with Crippen molar-refractivity contribution >= 4 is 27.5 Å². The molecular formula is C30H33F2N3O5S. The molecule has 4 rings (SSSR count). The molecule has 1 saturated carbocycles. The maximum atomic E-state index is 14.7. The van der Waals surface area contributed by atoms with Gasteiger partial charge in [0, 0.05) is 18.2 Å². The van der Waals surface area contributed by atoms with E-state index in [1.807, 2.05) is 0 Å². The molecule has 0 bridgehead atoms. The number of hydrogen-bond donors (Lipinski definition) is 1. The van der Waals surface area contributed by atoms with Crippen LogP contribution in [-0.4, -0.2) is 50.9 Å². The van der Waals surface area contributed by atoms with E-state index in [1.165, 1.54) is 73.5 Å². The highest BCUT2D eigenvalue weighted by atomic mass is 32.2. The number of methoxy groups -OCH3 is 1. The summed E-state index contributed by atoms with van der Waals surface area (Å²) in [4.78, 5) is 28.1. The number of nitrogens with zero attached hydrogens (tertiary/aromatic N) is 2. The second kappa shape index (κ2) is 13.1. The van der Waals surface area contributed by atoms with Gasteiger partial charge in [0.1, 0.15) is 30.0 Å². The molecule has 1 aliphatic rings. The number of carbonyl (C=O) groups excluding carboxylic acids is 2. The number of nitrogens with one attached hydrogen (secondary N) is 1. The summed E-state index contributed by atoms with van der Waals surface area (Å²) in [5, 5.41) is 2.96. The minimum Gasteiger partial charge on any atom is -0.497 e. The number of benzene rings is 3. The molecule has 11 heteroatoms. The van der Waals surface area contributed by atoms with Crippen molar-refractivity contribution in [3.63, 3.8) is 0 Å². The van der Waals surface area contributed by atoms with Crippen molar-refractivity contribution in [1.29, 1.82) is 0 Å². The van der Waals surface area contributed by atoms with Crippen LogP contribution in [0.4, 0.5) is 14.5 Å². The Labute approximate surface area is 239 Å². The lowest BCUT2D eigenvalue weighted by molar-refractivity contribution is -0.139. The third-order valence-corrected chi connectivity index (χ3v) is 9.00. The summed E-state index contributed by atoms with van der Waals surface area (Å²) in [6, 6.07) is 15.1. The van der Waals surface area contributed by atoms with Crippen LogP contribution in [0.1, 0.15) is 38.2 Å². The van der Waals surface area contributed by atoms with Gasteiger partial charge in [0.15, 0.2) is 0 Å².